The van der Waals surface area contributed by atoms with Crippen LogP contribution in [-0.2, 0) is 16.1 Å². The molecular formula is C23H24N4O2S. The number of aryl methyl sites for hydroxylation is 1. The molecule has 2 aliphatic heterocycles. The van der Waals surface area contributed by atoms with E-state index in [0.717, 1.165) is 16.8 Å². The molecule has 2 aliphatic rings. The van der Waals surface area contributed by atoms with E-state index in [2.05, 4.69) is 10.3 Å². The second-order valence-electron chi connectivity index (χ2n) is 7.78. The third-order valence-electron chi connectivity index (χ3n) is 5.07. The Balaban J connectivity index is 1.47. The van der Waals surface area contributed by atoms with Crippen molar-refractivity contribution in [2.45, 2.75) is 33.4 Å². The highest BCUT2D eigenvalue weighted by atomic mass is 32.2. The van der Waals surface area contributed by atoms with Crippen molar-refractivity contribution >= 4 is 40.3 Å². The Morgan fingerprint density at radius 2 is 1.90 bits per heavy atom. The summed E-state index contributed by atoms with van der Waals surface area (Å²) in [4.78, 5) is 36.3. The minimum atomic E-state index is -0.424. The van der Waals surface area contributed by atoms with Gasteiger partial charge in [-0.2, -0.15) is 0 Å². The number of hydrogen-bond acceptors (Lipinski definition) is 5. The zero-order chi connectivity index (χ0) is 21.3. The Labute approximate surface area is 180 Å². The molecule has 0 saturated carbocycles. The van der Waals surface area contributed by atoms with E-state index in [-0.39, 0.29) is 23.5 Å². The summed E-state index contributed by atoms with van der Waals surface area (Å²) < 4.78 is 0. The molecule has 1 N–H and O–H groups in total. The van der Waals surface area contributed by atoms with Gasteiger partial charge in [0.25, 0.3) is 5.91 Å². The van der Waals surface area contributed by atoms with Crippen LogP contribution >= 0.6 is 11.8 Å². The van der Waals surface area contributed by atoms with Crippen LogP contribution in [0.25, 0.3) is 0 Å². The monoisotopic (exact) mass is 420 g/mol. The average molecular weight is 421 g/mol. The fourth-order valence-electron chi connectivity index (χ4n) is 3.39. The number of fused-ring (bicyclic) bond motifs is 3. The lowest BCUT2D eigenvalue weighted by Gasteiger charge is -2.25. The second kappa shape index (κ2) is 8.44. The van der Waals surface area contributed by atoms with Gasteiger partial charge in [0.15, 0.2) is 5.17 Å². The number of amidine groups is 2. The molecule has 1 atom stereocenters. The first-order chi connectivity index (χ1) is 14.4. The molecule has 6 nitrogen and oxygen atoms in total. The maximum absolute atomic E-state index is 13.0. The maximum Gasteiger partial charge on any atom is 0.259 e. The Hall–Kier alpha value is -2.93. The topological polar surface area (TPSA) is 74.1 Å². The molecule has 1 unspecified atom stereocenters. The van der Waals surface area contributed by atoms with E-state index in [1.165, 1.54) is 17.3 Å². The Bertz CT molecular complexity index is 1040. The zero-order valence-corrected chi connectivity index (χ0v) is 18.1. The zero-order valence-electron chi connectivity index (χ0n) is 17.3. The van der Waals surface area contributed by atoms with Gasteiger partial charge in [-0.15, -0.1) is 0 Å². The lowest BCUT2D eigenvalue weighted by atomic mass is 10.1. The first kappa shape index (κ1) is 20.3. The summed E-state index contributed by atoms with van der Waals surface area (Å²) in [5, 5.41) is 3.43. The van der Waals surface area contributed by atoms with Crippen molar-refractivity contribution in [2.24, 2.45) is 15.9 Å². The molecule has 154 valence electrons. The van der Waals surface area contributed by atoms with Crippen LogP contribution in [0.3, 0.4) is 0 Å². The molecule has 0 aromatic heterocycles. The van der Waals surface area contributed by atoms with Gasteiger partial charge in [0.1, 0.15) is 11.9 Å². The van der Waals surface area contributed by atoms with Gasteiger partial charge in [-0.25, -0.2) is 9.89 Å². The van der Waals surface area contributed by atoms with Gasteiger partial charge in [-0.05, 0) is 30.5 Å². The van der Waals surface area contributed by atoms with E-state index in [4.69, 9.17) is 4.99 Å². The Kier molecular flexibility index (Phi) is 5.72. The highest BCUT2D eigenvalue weighted by Crippen LogP contribution is 2.34. The maximum atomic E-state index is 13.0. The van der Waals surface area contributed by atoms with E-state index in [9.17, 15) is 9.59 Å². The van der Waals surface area contributed by atoms with Crippen LogP contribution in [0.1, 0.15) is 30.5 Å². The molecule has 4 rings (SSSR count). The smallest absolute Gasteiger partial charge is 0.259 e. The minimum absolute atomic E-state index is 0.0826. The first-order valence-electron chi connectivity index (χ1n) is 9.99. The molecule has 2 heterocycles. The van der Waals surface area contributed by atoms with Crippen molar-refractivity contribution in [3.8, 4) is 0 Å². The molecule has 7 heteroatoms. The summed E-state index contributed by atoms with van der Waals surface area (Å²) in [5.41, 5.74) is 3.85. The fourth-order valence-corrected chi connectivity index (χ4v) is 4.22. The molecule has 2 amide bonds. The van der Waals surface area contributed by atoms with Crippen LogP contribution in [0.5, 0.6) is 0 Å². The largest absolute Gasteiger partial charge is 0.351 e. The number of benzene rings is 2. The van der Waals surface area contributed by atoms with Crippen LogP contribution in [0.2, 0.25) is 0 Å². The molecule has 0 radical (unpaired) electrons. The van der Waals surface area contributed by atoms with E-state index < -0.39 is 6.04 Å². The number of nitrogens with zero attached hydrogens (tertiary/aromatic N) is 3. The molecule has 0 saturated heterocycles. The van der Waals surface area contributed by atoms with Crippen molar-refractivity contribution in [1.82, 2.24) is 10.2 Å². The van der Waals surface area contributed by atoms with Gasteiger partial charge in [0.2, 0.25) is 5.91 Å². The predicted molar refractivity (Wildman–Crippen MR) is 121 cm³/mol. The van der Waals surface area contributed by atoms with Crippen molar-refractivity contribution in [1.29, 1.82) is 0 Å². The van der Waals surface area contributed by atoms with Crippen LogP contribution in [-0.4, -0.2) is 39.5 Å². The second-order valence-corrected chi connectivity index (χ2v) is 8.72. The number of hydrogen-bond donors (Lipinski definition) is 1. The number of aliphatic imine (C=N–C) groups is 2. The fraction of sp³-hybridized carbons (Fsp3) is 0.304. The quantitative estimate of drug-likeness (QED) is 0.802. The number of amides is 2. The van der Waals surface area contributed by atoms with E-state index >= 15 is 0 Å². The third kappa shape index (κ3) is 4.03. The number of para-hydroxylation sites is 1. The van der Waals surface area contributed by atoms with Crippen LogP contribution in [0.15, 0.2) is 58.5 Å². The van der Waals surface area contributed by atoms with Crippen LogP contribution in [0, 0.1) is 12.8 Å². The lowest BCUT2D eigenvalue weighted by Crippen LogP contribution is -2.42. The SMILES string of the molecule is Cc1ccc(CNC(=O)CSC2=Nc3ccccc3C3=NC(C(C)C)C(=O)N23)cc1. The Morgan fingerprint density at radius 1 is 1.17 bits per heavy atom. The molecule has 0 fully saturated rings. The summed E-state index contributed by atoms with van der Waals surface area (Å²) in [7, 11) is 0. The lowest BCUT2D eigenvalue weighted by molar-refractivity contribution is -0.125. The molecular weight excluding hydrogens is 396 g/mol. The van der Waals surface area contributed by atoms with E-state index in [1.54, 1.807) is 4.90 Å². The van der Waals surface area contributed by atoms with E-state index in [0.29, 0.717) is 17.5 Å². The molecule has 0 spiro atoms. The van der Waals surface area contributed by atoms with Gasteiger partial charge < -0.3 is 5.32 Å². The van der Waals surface area contributed by atoms with Crippen molar-refractivity contribution in [3.63, 3.8) is 0 Å². The summed E-state index contributed by atoms with van der Waals surface area (Å²) in [5.74, 6) is 0.711. The van der Waals surface area contributed by atoms with Gasteiger partial charge >= 0.3 is 0 Å². The van der Waals surface area contributed by atoms with Gasteiger partial charge in [-0.1, -0.05) is 67.6 Å². The van der Waals surface area contributed by atoms with Gasteiger partial charge in [-0.3, -0.25) is 14.6 Å². The van der Waals surface area contributed by atoms with Crippen LogP contribution < -0.4 is 5.32 Å². The molecule has 0 aliphatic carbocycles. The molecule has 30 heavy (non-hydrogen) atoms. The summed E-state index contributed by atoms with van der Waals surface area (Å²) >= 11 is 1.26. The molecule has 0 bridgehead atoms. The summed E-state index contributed by atoms with van der Waals surface area (Å²) in [6.07, 6.45) is 0. The average Bonchev–Trinajstić information content (AvgIpc) is 3.10. The predicted octanol–water partition coefficient (Wildman–Crippen LogP) is 3.66. The number of rotatable bonds is 5. The number of carbonyl (C=O) groups excluding carboxylic acids is 2. The normalized spacial score (nSPS) is 17.4. The number of nitrogens with one attached hydrogen (secondary N) is 1. The molecule has 2 aromatic carbocycles. The van der Waals surface area contributed by atoms with Crippen LogP contribution in [0.4, 0.5) is 5.69 Å². The van der Waals surface area contributed by atoms with Crippen molar-refractivity contribution in [3.05, 3.63) is 65.2 Å². The number of thioether (sulfide) groups is 1. The highest BCUT2D eigenvalue weighted by molar-refractivity contribution is 8.14. The van der Waals surface area contributed by atoms with Gasteiger partial charge in [0.05, 0.1) is 11.4 Å². The van der Waals surface area contributed by atoms with Gasteiger partial charge in [0, 0.05) is 12.1 Å². The third-order valence-corrected chi connectivity index (χ3v) is 6.01. The molecule has 2 aromatic rings. The summed E-state index contributed by atoms with van der Waals surface area (Å²) in [6.45, 7) is 6.47. The Morgan fingerprint density at radius 3 is 2.63 bits per heavy atom. The van der Waals surface area contributed by atoms with Crippen molar-refractivity contribution < 1.29 is 9.59 Å². The summed E-state index contributed by atoms with van der Waals surface area (Å²) in [6, 6.07) is 15.3. The standard InChI is InChI=1S/C23H24N4O2S/c1-14(2)20-22(29)27-21(26-20)17-6-4-5-7-18(17)25-23(27)30-13-19(28)24-12-16-10-8-15(3)9-11-16/h4-11,14,20H,12-13H2,1-3H3,(H,24,28). The minimum Gasteiger partial charge on any atom is -0.351 e. The first-order valence-corrected chi connectivity index (χ1v) is 11.0. The number of carbonyl (C=O) groups is 2. The van der Waals surface area contributed by atoms with Crippen molar-refractivity contribution in [2.75, 3.05) is 5.75 Å². The highest BCUT2D eigenvalue weighted by Gasteiger charge is 2.42. The van der Waals surface area contributed by atoms with E-state index in [1.807, 2.05) is 69.3 Å².